The summed E-state index contributed by atoms with van der Waals surface area (Å²) in [6.45, 7) is 2.14. The lowest BCUT2D eigenvalue weighted by molar-refractivity contribution is 0.335. The highest BCUT2D eigenvalue weighted by Gasteiger charge is 2.12. The normalized spacial score (nSPS) is 18.7. The maximum absolute atomic E-state index is 5.14. The van der Waals surface area contributed by atoms with Crippen LogP contribution in [0.2, 0.25) is 0 Å². The molecule has 0 amide bonds. The first-order chi connectivity index (χ1) is 5.88. The molecular weight excluding hydrogens is 150 g/mol. The molecule has 0 aromatic carbocycles. The molecule has 66 valence electrons. The fraction of sp³-hybridized carbons (Fsp3) is 0.667. The van der Waals surface area contributed by atoms with Gasteiger partial charge in [-0.25, -0.2) is 0 Å². The number of likely N-dealkylation sites (tertiary alicyclic amines) is 1. The highest BCUT2D eigenvalue weighted by Crippen LogP contribution is 2.08. The van der Waals surface area contributed by atoms with Gasteiger partial charge in [0.1, 0.15) is 0 Å². The van der Waals surface area contributed by atoms with Crippen molar-refractivity contribution in [3.05, 3.63) is 0 Å². The summed E-state index contributed by atoms with van der Waals surface area (Å²) in [6.07, 6.45) is 8.95. The molecule has 3 heteroatoms. The molecule has 0 aromatic rings. The van der Waals surface area contributed by atoms with E-state index in [-0.39, 0.29) is 0 Å². The van der Waals surface area contributed by atoms with Gasteiger partial charge >= 0.3 is 0 Å². The molecule has 0 aliphatic carbocycles. The molecule has 0 aromatic heterocycles. The highest BCUT2D eigenvalue weighted by molar-refractivity contribution is 5.81. The number of guanidine groups is 1. The molecule has 0 radical (unpaired) electrons. The number of nitrogens with zero attached hydrogens (tertiary/aromatic N) is 2. The van der Waals surface area contributed by atoms with Gasteiger partial charge in [-0.3, -0.25) is 10.3 Å². The Labute approximate surface area is 73.9 Å². The predicted molar refractivity (Wildman–Crippen MR) is 50.8 cm³/mol. The first-order valence-corrected chi connectivity index (χ1v) is 4.32. The van der Waals surface area contributed by atoms with Gasteiger partial charge in [-0.1, -0.05) is 6.42 Å². The van der Waals surface area contributed by atoms with Gasteiger partial charge in [0, 0.05) is 26.2 Å². The van der Waals surface area contributed by atoms with E-state index in [9.17, 15) is 0 Å². The number of hydrogen-bond acceptors (Lipinski definition) is 1. The summed E-state index contributed by atoms with van der Waals surface area (Å²) < 4.78 is 0. The van der Waals surface area contributed by atoms with E-state index in [0.717, 1.165) is 19.0 Å². The number of rotatable bonds is 0. The Morgan fingerprint density at radius 2 is 2.08 bits per heavy atom. The van der Waals surface area contributed by atoms with Gasteiger partial charge in [-0.15, -0.1) is 0 Å². The Morgan fingerprint density at radius 1 is 1.42 bits per heavy atom. The summed E-state index contributed by atoms with van der Waals surface area (Å²) in [6, 6.07) is 2.39. The van der Waals surface area contributed by atoms with Crippen molar-refractivity contribution in [2.24, 2.45) is 4.99 Å². The Hall–Kier alpha value is -1.17. The molecule has 1 aliphatic rings. The van der Waals surface area contributed by atoms with Crippen LogP contribution in [0.3, 0.4) is 0 Å². The van der Waals surface area contributed by atoms with Crippen LogP contribution in [0.15, 0.2) is 4.99 Å². The zero-order chi connectivity index (χ0) is 8.81. The van der Waals surface area contributed by atoms with Crippen molar-refractivity contribution in [1.29, 1.82) is 0 Å². The van der Waals surface area contributed by atoms with Crippen molar-refractivity contribution in [3.8, 4) is 12.5 Å². The molecule has 3 nitrogen and oxygen atoms in total. The summed E-state index contributed by atoms with van der Waals surface area (Å²) >= 11 is 0. The minimum Gasteiger partial charge on any atom is -0.342 e. The van der Waals surface area contributed by atoms with Crippen LogP contribution in [0, 0.1) is 12.5 Å². The van der Waals surface area contributed by atoms with E-state index in [1.165, 1.54) is 19.3 Å². The van der Waals surface area contributed by atoms with Gasteiger partial charge in [0.25, 0.3) is 0 Å². The third kappa shape index (κ3) is 2.16. The second-order valence-electron chi connectivity index (χ2n) is 2.86. The van der Waals surface area contributed by atoms with Crippen LogP contribution >= 0.6 is 0 Å². The average Bonchev–Trinajstić information content (AvgIpc) is 2.15. The van der Waals surface area contributed by atoms with Gasteiger partial charge in [-0.05, 0) is 19.3 Å². The van der Waals surface area contributed by atoms with E-state index >= 15 is 0 Å². The lowest BCUT2D eigenvalue weighted by Gasteiger charge is -2.28. The molecule has 12 heavy (non-hydrogen) atoms. The maximum atomic E-state index is 5.14. The summed E-state index contributed by atoms with van der Waals surface area (Å²) in [4.78, 5) is 6.29. The van der Waals surface area contributed by atoms with E-state index in [4.69, 9.17) is 6.42 Å². The molecule has 1 N–H and O–H groups in total. The monoisotopic (exact) mass is 165 g/mol. The first kappa shape index (κ1) is 8.92. The zero-order valence-corrected chi connectivity index (χ0v) is 7.51. The summed E-state index contributed by atoms with van der Waals surface area (Å²) in [7, 11) is 1.76. The molecule has 1 aliphatic heterocycles. The van der Waals surface area contributed by atoms with Gasteiger partial charge in [0.2, 0.25) is 5.96 Å². The third-order valence-corrected chi connectivity index (χ3v) is 2.05. The predicted octanol–water partition coefficient (Wildman–Crippen LogP) is 0.638. The Morgan fingerprint density at radius 3 is 2.58 bits per heavy atom. The van der Waals surface area contributed by atoms with E-state index in [0.29, 0.717) is 0 Å². The van der Waals surface area contributed by atoms with Crippen molar-refractivity contribution in [1.82, 2.24) is 10.2 Å². The average molecular weight is 165 g/mol. The van der Waals surface area contributed by atoms with Crippen LogP contribution in [0.1, 0.15) is 19.3 Å². The number of nitrogens with one attached hydrogen (secondary N) is 1. The van der Waals surface area contributed by atoms with Crippen molar-refractivity contribution in [3.63, 3.8) is 0 Å². The van der Waals surface area contributed by atoms with Crippen molar-refractivity contribution in [2.75, 3.05) is 20.1 Å². The van der Waals surface area contributed by atoms with E-state index < -0.39 is 0 Å². The molecule has 0 saturated carbocycles. The highest BCUT2D eigenvalue weighted by atomic mass is 15.3. The van der Waals surface area contributed by atoms with Gasteiger partial charge < -0.3 is 4.90 Å². The van der Waals surface area contributed by atoms with Crippen LogP contribution in [-0.4, -0.2) is 31.0 Å². The summed E-state index contributed by atoms with van der Waals surface area (Å²) in [5, 5.41) is 2.81. The van der Waals surface area contributed by atoms with Gasteiger partial charge in [0.15, 0.2) is 0 Å². The van der Waals surface area contributed by atoms with Gasteiger partial charge in [-0.2, -0.15) is 0 Å². The zero-order valence-electron chi connectivity index (χ0n) is 7.51. The van der Waals surface area contributed by atoms with Crippen LogP contribution in [0.4, 0.5) is 0 Å². The fourth-order valence-electron chi connectivity index (χ4n) is 1.45. The molecule has 1 heterocycles. The number of aliphatic imine (C=N–C) groups is 1. The first-order valence-electron chi connectivity index (χ1n) is 4.32. The fourth-order valence-corrected chi connectivity index (χ4v) is 1.45. The van der Waals surface area contributed by atoms with Crippen LogP contribution in [0.5, 0.6) is 0 Å². The van der Waals surface area contributed by atoms with Crippen LogP contribution in [0.25, 0.3) is 0 Å². The molecule has 1 rings (SSSR count). The molecule has 0 unspecified atom stereocenters. The Kier molecular flexibility index (Phi) is 3.46. The molecule has 1 saturated heterocycles. The minimum absolute atomic E-state index is 0.831. The number of terminal acetylenes is 1. The summed E-state index contributed by atoms with van der Waals surface area (Å²) in [5.74, 6) is 0.831. The van der Waals surface area contributed by atoms with Crippen molar-refractivity contribution < 1.29 is 0 Å². The van der Waals surface area contributed by atoms with Crippen LogP contribution < -0.4 is 5.32 Å². The van der Waals surface area contributed by atoms with E-state index in [1.54, 1.807) is 7.05 Å². The second-order valence-corrected chi connectivity index (χ2v) is 2.86. The lowest BCUT2D eigenvalue weighted by Crippen LogP contribution is -2.42. The number of hydrogen-bond donors (Lipinski definition) is 1. The Balaban J connectivity index is 2.48. The smallest absolute Gasteiger partial charge is 0.205 e. The molecular formula is C9H15N3. The molecule has 0 spiro atoms. The largest absolute Gasteiger partial charge is 0.342 e. The van der Waals surface area contributed by atoms with Crippen molar-refractivity contribution in [2.45, 2.75) is 19.3 Å². The SMILES string of the molecule is C#CNC(=NC)N1CCCCC1. The Bertz CT molecular complexity index is 196. The lowest BCUT2D eigenvalue weighted by atomic mass is 10.1. The van der Waals surface area contributed by atoms with Gasteiger partial charge in [0.05, 0.1) is 0 Å². The van der Waals surface area contributed by atoms with Crippen LogP contribution in [-0.2, 0) is 0 Å². The van der Waals surface area contributed by atoms with E-state index in [1.807, 2.05) is 0 Å². The molecule has 0 bridgehead atoms. The van der Waals surface area contributed by atoms with E-state index in [2.05, 4.69) is 21.3 Å². The summed E-state index contributed by atoms with van der Waals surface area (Å²) in [5.41, 5.74) is 0. The molecule has 0 atom stereocenters. The van der Waals surface area contributed by atoms with Crippen molar-refractivity contribution >= 4 is 5.96 Å². The third-order valence-electron chi connectivity index (χ3n) is 2.05. The quantitative estimate of drug-likeness (QED) is 0.247. The minimum atomic E-state index is 0.831. The topological polar surface area (TPSA) is 27.6 Å². The number of piperidine rings is 1. The second kappa shape index (κ2) is 4.66. The maximum Gasteiger partial charge on any atom is 0.205 e. The molecule has 1 fully saturated rings. The standard InChI is InChI=1S/C9H15N3/c1-3-11-9(10-2)12-7-5-4-6-8-12/h1H,4-8H2,2H3,(H,10,11).